The summed E-state index contributed by atoms with van der Waals surface area (Å²) in [4.78, 5) is 4.88. The van der Waals surface area contributed by atoms with E-state index in [1.165, 1.54) is 16.9 Å². The fourth-order valence-electron chi connectivity index (χ4n) is 3.34. The maximum Gasteiger partial charge on any atom is 0.231 e. The summed E-state index contributed by atoms with van der Waals surface area (Å²) in [6.45, 7) is 12.4. The molecule has 0 atom stereocenters. The zero-order chi connectivity index (χ0) is 19.7. The third-order valence-electron chi connectivity index (χ3n) is 4.73. The number of rotatable bonds is 5. The minimum atomic E-state index is -0.0161. The van der Waals surface area contributed by atoms with Crippen LogP contribution in [0.15, 0.2) is 18.2 Å². The fourth-order valence-corrected chi connectivity index (χ4v) is 4.54. The number of piperazine rings is 1. The summed E-state index contributed by atoms with van der Waals surface area (Å²) in [5.41, 5.74) is 1.25. The molecule has 2 aliphatic heterocycles. The van der Waals surface area contributed by atoms with Crippen molar-refractivity contribution in [2.45, 2.75) is 39.5 Å². The van der Waals surface area contributed by atoms with E-state index in [2.05, 4.69) is 53.1 Å². The molecule has 1 N–H and O–H groups in total. The van der Waals surface area contributed by atoms with Crippen LogP contribution in [0.2, 0.25) is 0 Å². The SMILES string of the molecule is CC(C)(C)Nc1nn(CN2CCN(Cc3ccc4c(c3)OCO4)CC2)c(=S)s1. The van der Waals surface area contributed by atoms with Gasteiger partial charge in [-0.05, 0) is 50.7 Å². The second kappa shape index (κ2) is 7.98. The van der Waals surface area contributed by atoms with Crippen LogP contribution in [-0.2, 0) is 13.2 Å². The van der Waals surface area contributed by atoms with E-state index in [0.717, 1.165) is 60.0 Å². The quantitative estimate of drug-likeness (QED) is 0.743. The third-order valence-corrected chi connectivity index (χ3v) is 5.95. The number of benzene rings is 1. The van der Waals surface area contributed by atoms with E-state index >= 15 is 0 Å². The Bertz CT molecular complexity index is 881. The Labute approximate surface area is 174 Å². The molecule has 0 unspecified atom stereocenters. The minimum absolute atomic E-state index is 0.0161. The number of anilines is 1. The molecule has 0 radical (unpaired) electrons. The Kier molecular flexibility index (Phi) is 5.59. The summed E-state index contributed by atoms with van der Waals surface area (Å²) >= 11 is 7.04. The molecule has 7 nitrogen and oxygen atoms in total. The van der Waals surface area contributed by atoms with Gasteiger partial charge in [0.1, 0.15) is 0 Å². The molecule has 0 spiro atoms. The molecule has 0 amide bonds. The van der Waals surface area contributed by atoms with Crippen molar-refractivity contribution in [2.24, 2.45) is 0 Å². The third kappa shape index (κ3) is 4.83. The Balaban J connectivity index is 1.29. The maximum atomic E-state index is 5.50. The topological polar surface area (TPSA) is 54.8 Å². The van der Waals surface area contributed by atoms with E-state index in [4.69, 9.17) is 21.7 Å². The lowest BCUT2D eigenvalue weighted by atomic mass is 10.1. The monoisotopic (exact) mass is 421 g/mol. The van der Waals surface area contributed by atoms with Crippen LogP contribution in [0.4, 0.5) is 5.13 Å². The van der Waals surface area contributed by atoms with Gasteiger partial charge in [0.15, 0.2) is 15.5 Å². The predicted octanol–water partition coefficient (Wildman–Crippen LogP) is 3.39. The van der Waals surface area contributed by atoms with Gasteiger partial charge in [0.25, 0.3) is 0 Å². The Morgan fingerprint density at radius 1 is 1.11 bits per heavy atom. The van der Waals surface area contributed by atoms with Crippen LogP contribution in [0, 0.1) is 3.95 Å². The van der Waals surface area contributed by atoms with Crippen molar-refractivity contribution in [3.05, 3.63) is 27.7 Å². The van der Waals surface area contributed by atoms with Gasteiger partial charge < -0.3 is 14.8 Å². The van der Waals surface area contributed by atoms with Crippen molar-refractivity contribution in [1.82, 2.24) is 19.6 Å². The summed E-state index contributed by atoms with van der Waals surface area (Å²) in [7, 11) is 0. The highest BCUT2D eigenvalue weighted by Gasteiger charge is 2.20. The molecular weight excluding hydrogens is 394 g/mol. The molecule has 1 fully saturated rings. The first-order valence-corrected chi connectivity index (χ1v) is 10.8. The Morgan fingerprint density at radius 3 is 2.57 bits per heavy atom. The molecule has 3 heterocycles. The molecule has 0 aliphatic carbocycles. The number of nitrogens with zero attached hydrogens (tertiary/aromatic N) is 4. The number of ether oxygens (including phenoxy) is 2. The number of hydrogen-bond acceptors (Lipinski definition) is 8. The van der Waals surface area contributed by atoms with Gasteiger partial charge in [-0.15, -0.1) is 5.10 Å². The molecule has 1 aromatic carbocycles. The van der Waals surface area contributed by atoms with Crippen LogP contribution in [0.3, 0.4) is 0 Å². The van der Waals surface area contributed by atoms with Gasteiger partial charge in [0, 0.05) is 38.3 Å². The van der Waals surface area contributed by atoms with Crippen LogP contribution in [0.5, 0.6) is 11.5 Å². The van der Waals surface area contributed by atoms with Crippen molar-refractivity contribution >= 4 is 28.7 Å². The van der Waals surface area contributed by atoms with Gasteiger partial charge in [-0.1, -0.05) is 17.4 Å². The maximum absolute atomic E-state index is 5.50. The lowest BCUT2D eigenvalue weighted by Gasteiger charge is -2.34. The summed E-state index contributed by atoms with van der Waals surface area (Å²) in [5.74, 6) is 1.70. The first-order valence-electron chi connectivity index (χ1n) is 9.55. The normalized spacial score (nSPS) is 17.8. The van der Waals surface area contributed by atoms with Crippen LogP contribution < -0.4 is 14.8 Å². The van der Waals surface area contributed by atoms with E-state index in [-0.39, 0.29) is 5.54 Å². The van der Waals surface area contributed by atoms with Crippen molar-refractivity contribution in [2.75, 3.05) is 38.3 Å². The van der Waals surface area contributed by atoms with Crippen LogP contribution >= 0.6 is 23.6 Å². The smallest absolute Gasteiger partial charge is 0.231 e. The minimum Gasteiger partial charge on any atom is -0.454 e. The molecular formula is C19H27N5O2S2. The van der Waals surface area contributed by atoms with E-state index in [0.29, 0.717) is 6.79 Å². The molecule has 9 heteroatoms. The molecule has 28 heavy (non-hydrogen) atoms. The fraction of sp³-hybridized carbons (Fsp3) is 0.579. The number of fused-ring (bicyclic) bond motifs is 1. The van der Waals surface area contributed by atoms with Gasteiger partial charge in [-0.25, -0.2) is 4.68 Å². The highest BCUT2D eigenvalue weighted by Crippen LogP contribution is 2.32. The highest BCUT2D eigenvalue weighted by molar-refractivity contribution is 7.73. The largest absolute Gasteiger partial charge is 0.454 e. The zero-order valence-electron chi connectivity index (χ0n) is 16.6. The molecule has 0 saturated carbocycles. The van der Waals surface area contributed by atoms with Gasteiger partial charge in [0.2, 0.25) is 11.9 Å². The summed E-state index contributed by atoms with van der Waals surface area (Å²) in [6, 6.07) is 6.21. The molecule has 4 rings (SSSR count). The van der Waals surface area contributed by atoms with E-state index in [1.807, 2.05) is 10.7 Å². The molecule has 2 aliphatic rings. The van der Waals surface area contributed by atoms with E-state index < -0.39 is 0 Å². The number of aromatic nitrogens is 2. The lowest BCUT2D eigenvalue weighted by Crippen LogP contribution is -2.46. The van der Waals surface area contributed by atoms with Crippen molar-refractivity contribution in [3.8, 4) is 11.5 Å². The van der Waals surface area contributed by atoms with Crippen molar-refractivity contribution in [1.29, 1.82) is 0 Å². The molecule has 152 valence electrons. The predicted molar refractivity (Wildman–Crippen MR) is 114 cm³/mol. The first kappa shape index (κ1) is 19.6. The van der Waals surface area contributed by atoms with Gasteiger partial charge in [-0.2, -0.15) is 0 Å². The number of hydrogen-bond donors (Lipinski definition) is 1. The van der Waals surface area contributed by atoms with E-state index in [9.17, 15) is 0 Å². The summed E-state index contributed by atoms with van der Waals surface area (Å²) < 4.78 is 13.6. The summed E-state index contributed by atoms with van der Waals surface area (Å²) in [6.07, 6.45) is 0. The Morgan fingerprint density at radius 2 is 1.82 bits per heavy atom. The van der Waals surface area contributed by atoms with Gasteiger partial charge in [-0.3, -0.25) is 9.80 Å². The van der Waals surface area contributed by atoms with Crippen LogP contribution in [0.25, 0.3) is 0 Å². The highest BCUT2D eigenvalue weighted by atomic mass is 32.1. The second-order valence-electron chi connectivity index (χ2n) is 8.27. The Hall–Kier alpha value is -1.68. The van der Waals surface area contributed by atoms with Gasteiger partial charge in [0.05, 0.1) is 6.67 Å². The van der Waals surface area contributed by atoms with Crippen molar-refractivity contribution in [3.63, 3.8) is 0 Å². The van der Waals surface area contributed by atoms with Crippen LogP contribution in [-0.4, -0.2) is 58.1 Å². The standard InChI is InChI=1S/C19H27N5O2S2/c1-19(2,3)20-17-21-24(18(27)28-17)12-23-8-6-22(7-9-23)11-14-4-5-15-16(10-14)26-13-25-15/h4-5,10H,6-9,11-13H2,1-3H3,(H,20,21). The van der Waals surface area contributed by atoms with E-state index in [1.54, 1.807) is 0 Å². The van der Waals surface area contributed by atoms with Crippen molar-refractivity contribution < 1.29 is 9.47 Å². The first-order chi connectivity index (χ1) is 13.4. The molecule has 2 aromatic rings. The lowest BCUT2D eigenvalue weighted by molar-refractivity contribution is 0.0985. The zero-order valence-corrected chi connectivity index (χ0v) is 18.2. The number of nitrogens with one attached hydrogen (secondary N) is 1. The van der Waals surface area contributed by atoms with Crippen LogP contribution in [0.1, 0.15) is 26.3 Å². The average Bonchev–Trinajstić information content (AvgIpc) is 3.21. The van der Waals surface area contributed by atoms with Gasteiger partial charge >= 0.3 is 0 Å². The second-order valence-corrected chi connectivity index (χ2v) is 9.89. The molecule has 0 bridgehead atoms. The summed E-state index contributed by atoms with van der Waals surface area (Å²) in [5, 5.41) is 8.94. The molecule has 1 saturated heterocycles. The molecule has 1 aromatic heterocycles. The average molecular weight is 422 g/mol.